The summed E-state index contributed by atoms with van der Waals surface area (Å²) in [5, 5.41) is 6.55. The maximum absolute atomic E-state index is 6.39. The Bertz CT molecular complexity index is 2840. The molecule has 0 saturated carbocycles. The van der Waals surface area contributed by atoms with Crippen molar-refractivity contribution in [1.29, 1.82) is 0 Å². The van der Waals surface area contributed by atoms with Crippen LogP contribution in [0, 0.1) is 0 Å². The zero-order valence-corrected chi connectivity index (χ0v) is 25.5. The molecule has 0 radical (unpaired) electrons. The van der Waals surface area contributed by atoms with Gasteiger partial charge in [-0.25, -0.2) is 19.9 Å². The maximum atomic E-state index is 6.39. The predicted octanol–water partition coefficient (Wildman–Crippen LogP) is 10.9. The Morgan fingerprint density at radius 1 is 0.375 bits per heavy atom. The number of rotatable bonds is 4. The van der Waals surface area contributed by atoms with Crippen LogP contribution in [-0.2, 0) is 0 Å². The molecule has 0 N–H and O–H groups in total. The molecule has 0 aliphatic carbocycles. The van der Waals surface area contributed by atoms with E-state index in [0.29, 0.717) is 40.0 Å². The minimum Gasteiger partial charge on any atom is -0.456 e. The molecule has 0 atom stereocenters. The summed E-state index contributed by atoms with van der Waals surface area (Å²) in [7, 11) is 0. The Balaban J connectivity index is 1.28. The molecule has 3 heterocycles. The highest BCUT2D eigenvalue weighted by Crippen LogP contribution is 2.42. The molecular formula is C42H24N4O2. The second-order valence-electron chi connectivity index (χ2n) is 11.8. The van der Waals surface area contributed by atoms with Crippen molar-refractivity contribution in [2.45, 2.75) is 0 Å². The van der Waals surface area contributed by atoms with Crippen molar-refractivity contribution >= 4 is 54.6 Å². The molecule has 3 aromatic heterocycles. The summed E-state index contributed by atoms with van der Waals surface area (Å²) in [5.41, 5.74) is 6.10. The van der Waals surface area contributed by atoms with Crippen LogP contribution in [0.1, 0.15) is 0 Å². The predicted molar refractivity (Wildman–Crippen MR) is 191 cm³/mol. The first-order valence-corrected chi connectivity index (χ1v) is 15.8. The van der Waals surface area contributed by atoms with Gasteiger partial charge in [0.05, 0.1) is 5.56 Å². The largest absolute Gasteiger partial charge is 0.456 e. The molecule has 224 valence electrons. The van der Waals surface area contributed by atoms with Crippen molar-refractivity contribution in [2.75, 3.05) is 0 Å². The standard InChI is InChI=1S/C42H24N4O2/c1-3-12-26(13-4-1)39-44-40(29-21-22-31-28(23-29)20-19-25-11-7-8-16-30(25)31)46-41(45-39)37-36-32-17-9-10-18-33(32)47-34(36)24-35-38(37)43-42(48-35)27-14-5-2-6-15-27/h1-24H. The molecule has 0 spiro atoms. The van der Waals surface area contributed by atoms with E-state index in [4.69, 9.17) is 28.8 Å². The molecule has 6 nitrogen and oxygen atoms in total. The van der Waals surface area contributed by atoms with Crippen LogP contribution in [-0.4, -0.2) is 19.9 Å². The highest BCUT2D eigenvalue weighted by atomic mass is 16.4. The van der Waals surface area contributed by atoms with Crippen LogP contribution in [0.15, 0.2) is 154 Å². The van der Waals surface area contributed by atoms with E-state index in [1.165, 1.54) is 16.2 Å². The van der Waals surface area contributed by atoms with Gasteiger partial charge < -0.3 is 8.83 Å². The molecule has 0 aliphatic rings. The Morgan fingerprint density at radius 3 is 1.85 bits per heavy atom. The van der Waals surface area contributed by atoms with Crippen molar-refractivity contribution in [3.05, 3.63) is 146 Å². The summed E-state index contributed by atoms with van der Waals surface area (Å²) in [6, 6.07) is 49.0. The number of para-hydroxylation sites is 1. The molecule has 0 aliphatic heterocycles. The number of benzene rings is 7. The summed E-state index contributed by atoms with van der Waals surface area (Å²) in [5.74, 6) is 2.15. The number of nitrogens with zero attached hydrogens (tertiary/aromatic N) is 4. The molecular weight excluding hydrogens is 592 g/mol. The average Bonchev–Trinajstić information content (AvgIpc) is 3.75. The summed E-state index contributed by atoms with van der Waals surface area (Å²) in [4.78, 5) is 20.4. The van der Waals surface area contributed by atoms with Crippen LogP contribution >= 0.6 is 0 Å². The normalized spacial score (nSPS) is 11.8. The topological polar surface area (TPSA) is 77.8 Å². The van der Waals surface area contributed by atoms with Crippen LogP contribution in [0.5, 0.6) is 0 Å². The average molecular weight is 617 g/mol. The van der Waals surface area contributed by atoms with Crippen molar-refractivity contribution < 1.29 is 8.83 Å². The lowest BCUT2D eigenvalue weighted by molar-refractivity contribution is 0.617. The lowest BCUT2D eigenvalue weighted by atomic mass is 10.00. The van der Waals surface area contributed by atoms with Crippen molar-refractivity contribution in [2.24, 2.45) is 0 Å². The van der Waals surface area contributed by atoms with Crippen LogP contribution in [0.25, 0.3) is 100 Å². The second kappa shape index (κ2) is 10.4. The minimum atomic E-state index is 0.493. The van der Waals surface area contributed by atoms with E-state index in [-0.39, 0.29) is 0 Å². The molecule has 6 heteroatoms. The molecule has 0 saturated heterocycles. The van der Waals surface area contributed by atoms with Gasteiger partial charge in [-0.1, -0.05) is 115 Å². The molecule has 10 rings (SSSR count). The number of hydrogen-bond donors (Lipinski definition) is 0. The molecule has 10 aromatic rings. The third kappa shape index (κ3) is 4.20. The third-order valence-electron chi connectivity index (χ3n) is 8.94. The van der Waals surface area contributed by atoms with Crippen molar-refractivity contribution in [3.8, 4) is 45.6 Å². The van der Waals surface area contributed by atoms with Gasteiger partial charge in [-0.2, -0.15) is 0 Å². The lowest BCUT2D eigenvalue weighted by Gasteiger charge is -2.11. The fourth-order valence-electron chi connectivity index (χ4n) is 6.68. The highest BCUT2D eigenvalue weighted by molar-refractivity contribution is 6.18. The fraction of sp³-hybridized carbons (Fsp3) is 0. The number of furan rings is 1. The number of hydrogen-bond acceptors (Lipinski definition) is 6. The van der Waals surface area contributed by atoms with Crippen molar-refractivity contribution in [1.82, 2.24) is 19.9 Å². The molecule has 7 aromatic carbocycles. The zero-order chi connectivity index (χ0) is 31.6. The quantitative estimate of drug-likeness (QED) is 0.183. The van der Waals surface area contributed by atoms with Crippen LogP contribution in [0.2, 0.25) is 0 Å². The summed E-state index contributed by atoms with van der Waals surface area (Å²) in [6.45, 7) is 0. The van der Waals surface area contributed by atoms with Gasteiger partial charge in [-0.05, 0) is 45.8 Å². The van der Waals surface area contributed by atoms with Gasteiger partial charge in [0, 0.05) is 33.5 Å². The van der Waals surface area contributed by atoms with E-state index in [1.54, 1.807) is 0 Å². The van der Waals surface area contributed by atoms with Gasteiger partial charge in [0.1, 0.15) is 16.7 Å². The zero-order valence-electron chi connectivity index (χ0n) is 25.5. The van der Waals surface area contributed by atoms with E-state index in [0.717, 1.165) is 44.0 Å². The highest BCUT2D eigenvalue weighted by Gasteiger charge is 2.24. The first-order valence-electron chi connectivity index (χ1n) is 15.8. The Morgan fingerprint density at radius 2 is 1.02 bits per heavy atom. The van der Waals surface area contributed by atoms with E-state index in [2.05, 4.69) is 60.7 Å². The van der Waals surface area contributed by atoms with E-state index < -0.39 is 0 Å². The molecule has 0 fully saturated rings. The number of oxazole rings is 1. The number of aromatic nitrogens is 4. The Labute approximate surface area is 274 Å². The van der Waals surface area contributed by atoms with E-state index >= 15 is 0 Å². The molecule has 0 unspecified atom stereocenters. The SMILES string of the molecule is c1ccc(-c2nc(-c3ccc4c(ccc5ccccc54)c3)nc(-c3c4nc(-c5ccccc5)oc4cc4oc5ccccc5c34)n2)cc1. The second-order valence-corrected chi connectivity index (χ2v) is 11.8. The summed E-state index contributed by atoms with van der Waals surface area (Å²) in [6.07, 6.45) is 0. The lowest BCUT2D eigenvalue weighted by Crippen LogP contribution is -2.01. The van der Waals surface area contributed by atoms with Gasteiger partial charge in [0.2, 0.25) is 5.89 Å². The van der Waals surface area contributed by atoms with Crippen LogP contribution < -0.4 is 0 Å². The molecule has 48 heavy (non-hydrogen) atoms. The number of fused-ring (bicyclic) bond motifs is 7. The van der Waals surface area contributed by atoms with Crippen LogP contribution in [0.4, 0.5) is 0 Å². The van der Waals surface area contributed by atoms with Gasteiger partial charge in [0.15, 0.2) is 23.1 Å². The third-order valence-corrected chi connectivity index (χ3v) is 8.94. The van der Waals surface area contributed by atoms with Gasteiger partial charge in [0.25, 0.3) is 0 Å². The Kier molecular flexibility index (Phi) is 5.77. The first-order chi connectivity index (χ1) is 23.8. The smallest absolute Gasteiger partial charge is 0.227 e. The van der Waals surface area contributed by atoms with E-state index in [1.807, 2.05) is 84.9 Å². The Hall–Kier alpha value is -6.66. The minimum absolute atomic E-state index is 0.493. The van der Waals surface area contributed by atoms with E-state index in [9.17, 15) is 0 Å². The first kappa shape index (κ1) is 26.5. The monoisotopic (exact) mass is 616 g/mol. The molecule has 0 bridgehead atoms. The van der Waals surface area contributed by atoms with Gasteiger partial charge in [-0.3, -0.25) is 0 Å². The fourth-order valence-corrected chi connectivity index (χ4v) is 6.68. The van der Waals surface area contributed by atoms with Crippen LogP contribution in [0.3, 0.4) is 0 Å². The van der Waals surface area contributed by atoms with Gasteiger partial charge in [-0.15, -0.1) is 0 Å². The van der Waals surface area contributed by atoms with Crippen molar-refractivity contribution in [3.63, 3.8) is 0 Å². The maximum Gasteiger partial charge on any atom is 0.227 e. The summed E-state index contributed by atoms with van der Waals surface area (Å²) >= 11 is 0. The molecule has 0 amide bonds. The summed E-state index contributed by atoms with van der Waals surface area (Å²) < 4.78 is 12.8. The van der Waals surface area contributed by atoms with Gasteiger partial charge >= 0.3 is 0 Å².